The van der Waals surface area contributed by atoms with Crippen LogP contribution in [-0.2, 0) is 38.0 Å². The van der Waals surface area contributed by atoms with Crippen molar-refractivity contribution in [1.82, 2.24) is 0 Å². The van der Waals surface area contributed by atoms with E-state index in [-0.39, 0.29) is 45.4 Å². The molecular formula is C52H64O8. The molecule has 8 aliphatic rings. The Labute approximate surface area is 356 Å². The number of hydrogen-bond donors (Lipinski definition) is 0. The quantitative estimate of drug-likeness (QED) is 0.171. The van der Waals surface area contributed by atoms with E-state index in [0.29, 0.717) is 34.5 Å². The molecule has 2 saturated heterocycles. The van der Waals surface area contributed by atoms with Crippen molar-refractivity contribution in [2.24, 2.45) is 45.3 Å². The molecule has 4 saturated carbocycles. The van der Waals surface area contributed by atoms with Crippen LogP contribution in [0.2, 0.25) is 0 Å². The van der Waals surface area contributed by atoms with Crippen LogP contribution in [0.5, 0.6) is 0 Å². The lowest BCUT2D eigenvalue weighted by atomic mass is 9.45. The van der Waals surface area contributed by atoms with E-state index >= 15 is 0 Å². The zero-order valence-electron chi connectivity index (χ0n) is 37.0. The van der Waals surface area contributed by atoms with Crippen molar-refractivity contribution in [3.8, 4) is 0 Å². The SMILES string of the molecule is C=C1OC(O/C=C2/C(=O)O[C@@]3(C)CC[C@@H]4C(C)(C)CCC[C@@]4(C)[C@H]23)c2ccccc21.C=C1OC(O/C=C2/C(=O)O[C@]3(C)CC[C@H]4C(C)(C)CCC[C@]4(C)[C@@H]23)c2ccccc21. The van der Waals surface area contributed by atoms with Gasteiger partial charge in [-0.15, -0.1) is 0 Å². The lowest BCUT2D eigenvalue weighted by Gasteiger charge is -2.59. The molecule has 2 aromatic carbocycles. The summed E-state index contributed by atoms with van der Waals surface area (Å²) in [5.41, 5.74) is 4.82. The average Bonchev–Trinajstić information content (AvgIpc) is 3.85. The molecule has 4 heterocycles. The molecule has 4 aliphatic heterocycles. The maximum absolute atomic E-state index is 13.0. The van der Waals surface area contributed by atoms with Gasteiger partial charge in [-0.3, -0.25) is 0 Å². The summed E-state index contributed by atoms with van der Waals surface area (Å²) in [6.07, 6.45) is 13.3. The van der Waals surface area contributed by atoms with Crippen LogP contribution >= 0.6 is 0 Å². The highest BCUT2D eigenvalue weighted by Gasteiger charge is 2.66. The zero-order chi connectivity index (χ0) is 42.6. The van der Waals surface area contributed by atoms with Crippen LogP contribution in [0.25, 0.3) is 11.5 Å². The van der Waals surface area contributed by atoms with Gasteiger partial charge in [-0.25, -0.2) is 9.59 Å². The molecule has 0 spiro atoms. The highest BCUT2D eigenvalue weighted by molar-refractivity contribution is 5.93. The highest BCUT2D eigenvalue weighted by atomic mass is 16.7. The number of rotatable bonds is 4. The average molecular weight is 817 g/mol. The minimum atomic E-state index is -0.573. The van der Waals surface area contributed by atoms with Gasteiger partial charge in [0, 0.05) is 34.1 Å². The van der Waals surface area contributed by atoms with E-state index in [9.17, 15) is 9.59 Å². The second kappa shape index (κ2) is 14.0. The van der Waals surface area contributed by atoms with Crippen LogP contribution in [0.1, 0.15) is 154 Å². The first-order chi connectivity index (χ1) is 28.3. The summed E-state index contributed by atoms with van der Waals surface area (Å²) in [6, 6.07) is 15.8. The van der Waals surface area contributed by atoms with Crippen molar-refractivity contribution >= 4 is 23.5 Å². The van der Waals surface area contributed by atoms with Crippen molar-refractivity contribution in [3.05, 3.63) is 108 Å². The Morgan fingerprint density at radius 3 is 1.35 bits per heavy atom. The zero-order valence-corrected chi connectivity index (χ0v) is 37.0. The maximum Gasteiger partial charge on any atom is 0.338 e. The molecule has 60 heavy (non-hydrogen) atoms. The number of fused-ring (bicyclic) bond motifs is 8. The topological polar surface area (TPSA) is 89.5 Å². The van der Waals surface area contributed by atoms with E-state index in [1.807, 2.05) is 48.5 Å². The maximum atomic E-state index is 13.0. The molecule has 4 aliphatic carbocycles. The van der Waals surface area contributed by atoms with Gasteiger partial charge in [0.25, 0.3) is 12.6 Å². The lowest BCUT2D eigenvalue weighted by Crippen LogP contribution is -2.56. The van der Waals surface area contributed by atoms with Gasteiger partial charge in [0.15, 0.2) is 0 Å². The van der Waals surface area contributed by atoms with Crippen LogP contribution in [0, 0.1) is 45.3 Å². The summed E-state index contributed by atoms with van der Waals surface area (Å²) in [7, 11) is 0. The Balaban J connectivity index is 0.000000154. The van der Waals surface area contributed by atoms with Crippen LogP contribution in [0.15, 0.2) is 85.4 Å². The van der Waals surface area contributed by atoms with E-state index in [1.54, 1.807) is 12.5 Å². The van der Waals surface area contributed by atoms with Crippen molar-refractivity contribution in [3.63, 3.8) is 0 Å². The van der Waals surface area contributed by atoms with E-state index in [0.717, 1.165) is 60.8 Å². The van der Waals surface area contributed by atoms with Crippen LogP contribution in [0.3, 0.4) is 0 Å². The molecule has 2 unspecified atom stereocenters. The summed E-state index contributed by atoms with van der Waals surface area (Å²) < 4.78 is 35.9. The van der Waals surface area contributed by atoms with E-state index in [4.69, 9.17) is 28.4 Å². The number of esters is 2. The summed E-state index contributed by atoms with van der Waals surface area (Å²) in [5.74, 6) is 1.94. The van der Waals surface area contributed by atoms with Gasteiger partial charge in [-0.2, -0.15) is 0 Å². The van der Waals surface area contributed by atoms with Gasteiger partial charge in [-0.1, -0.05) is 116 Å². The van der Waals surface area contributed by atoms with Crippen LogP contribution in [0.4, 0.5) is 0 Å². The molecule has 0 amide bonds. The molecule has 320 valence electrons. The molecule has 0 N–H and O–H groups in total. The monoisotopic (exact) mass is 816 g/mol. The Morgan fingerprint density at radius 2 is 0.950 bits per heavy atom. The third-order valence-corrected chi connectivity index (χ3v) is 16.9. The number of carbonyl (C=O) groups is 2. The Bertz CT molecular complexity index is 2040. The van der Waals surface area contributed by atoms with Crippen molar-refractivity contribution in [2.75, 3.05) is 0 Å². The first kappa shape index (κ1) is 40.9. The van der Waals surface area contributed by atoms with E-state index < -0.39 is 23.8 Å². The third-order valence-electron chi connectivity index (χ3n) is 16.9. The predicted octanol–water partition coefficient (Wildman–Crippen LogP) is 12.3. The Morgan fingerprint density at radius 1 is 0.567 bits per heavy atom. The third kappa shape index (κ3) is 6.27. The fraction of sp³-hybridized carbons (Fsp3) is 0.577. The number of carbonyl (C=O) groups excluding carboxylic acids is 2. The summed E-state index contributed by atoms with van der Waals surface area (Å²) in [5, 5.41) is 0. The molecule has 0 radical (unpaired) electrons. The summed E-state index contributed by atoms with van der Waals surface area (Å²) in [6.45, 7) is 26.5. The predicted molar refractivity (Wildman–Crippen MR) is 230 cm³/mol. The van der Waals surface area contributed by atoms with Gasteiger partial charge in [0.2, 0.25) is 0 Å². The van der Waals surface area contributed by atoms with Crippen molar-refractivity contribution in [2.45, 2.75) is 143 Å². The first-order valence-corrected chi connectivity index (χ1v) is 22.4. The highest BCUT2D eigenvalue weighted by Crippen LogP contribution is 2.68. The molecule has 10 atom stereocenters. The Kier molecular flexibility index (Phi) is 9.57. The van der Waals surface area contributed by atoms with Crippen LogP contribution < -0.4 is 0 Å². The largest absolute Gasteiger partial charge is 0.458 e. The molecule has 0 aromatic heterocycles. The minimum absolute atomic E-state index is 0.0220. The number of ether oxygens (including phenoxy) is 6. The second-order valence-corrected chi connectivity index (χ2v) is 21.5. The van der Waals surface area contributed by atoms with Gasteiger partial charge in [0.05, 0.1) is 23.7 Å². The standard InChI is InChI=1S/2C26H32O4/c2*1-16-17-9-6-7-10-18(17)23(29-16)28-15-19-21-25(4)13-8-12-24(2,3)20(25)11-14-26(21,5)30-22(19)27/h2*6-7,9-10,15,20-21,23H,1,8,11-14H2,2-5H3/b2*19-15+/t2*20-,21+,23?,25-,26+/m10/s1. The van der Waals surface area contributed by atoms with Crippen molar-refractivity contribution < 1.29 is 38.0 Å². The van der Waals surface area contributed by atoms with Gasteiger partial charge in [0.1, 0.15) is 22.7 Å². The molecule has 2 aromatic rings. The van der Waals surface area contributed by atoms with Gasteiger partial charge in [-0.05, 0) is 98.7 Å². The van der Waals surface area contributed by atoms with Crippen LogP contribution in [-0.4, -0.2) is 23.1 Å². The van der Waals surface area contributed by atoms with E-state index in [2.05, 4.69) is 68.5 Å². The minimum Gasteiger partial charge on any atom is -0.458 e. The second-order valence-electron chi connectivity index (χ2n) is 21.5. The summed E-state index contributed by atoms with van der Waals surface area (Å²) >= 11 is 0. The smallest absolute Gasteiger partial charge is 0.338 e. The lowest BCUT2D eigenvalue weighted by molar-refractivity contribution is -0.165. The molecule has 10 rings (SSSR count). The van der Waals surface area contributed by atoms with Gasteiger partial charge < -0.3 is 28.4 Å². The van der Waals surface area contributed by atoms with E-state index in [1.165, 1.54) is 25.7 Å². The summed E-state index contributed by atoms with van der Waals surface area (Å²) in [4.78, 5) is 26.0. The Hall–Kier alpha value is -4.46. The number of hydrogen-bond acceptors (Lipinski definition) is 8. The molecule has 0 bridgehead atoms. The molecular weight excluding hydrogens is 753 g/mol. The first-order valence-electron chi connectivity index (χ1n) is 22.4. The van der Waals surface area contributed by atoms with Crippen molar-refractivity contribution in [1.29, 1.82) is 0 Å². The molecule has 8 heteroatoms. The number of benzene rings is 2. The molecule has 8 nitrogen and oxygen atoms in total. The normalized spacial score (nSPS) is 40.3. The fourth-order valence-electron chi connectivity index (χ4n) is 14.5. The fourth-order valence-corrected chi connectivity index (χ4v) is 14.5. The molecule has 6 fully saturated rings. The van der Waals surface area contributed by atoms with Gasteiger partial charge >= 0.3 is 11.9 Å².